The van der Waals surface area contributed by atoms with Gasteiger partial charge < -0.3 is 20.1 Å². The van der Waals surface area contributed by atoms with E-state index < -0.39 is 0 Å². The molecule has 1 aliphatic heterocycles. The van der Waals surface area contributed by atoms with Gasteiger partial charge in [-0.15, -0.1) is 0 Å². The number of ether oxygens (including phenoxy) is 2. The predicted molar refractivity (Wildman–Crippen MR) is 130 cm³/mol. The lowest BCUT2D eigenvalue weighted by atomic mass is 9.84. The first-order valence-electron chi connectivity index (χ1n) is 10.7. The van der Waals surface area contributed by atoms with E-state index in [0.717, 1.165) is 17.0 Å². The van der Waals surface area contributed by atoms with Crippen molar-refractivity contribution >= 4 is 33.4 Å². The average molecular weight is 489 g/mol. The molecule has 1 aromatic rings. The normalized spacial score (nSPS) is 11.8. The lowest BCUT2D eigenvalue weighted by Gasteiger charge is -2.34. The zero-order valence-corrected chi connectivity index (χ0v) is 21.8. The lowest BCUT2D eigenvalue weighted by molar-refractivity contribution is -0.141. The number of ketones is 1. The zero-order chi connectivity index (χ0) is 23.9. The third-order valence-corrected chi connectivity index (χ3v) is 4.40. The van der Waals surface area contributed by atoms with Crippen molar-refractivity contribution in [3.05, 3.63) is 23.3 Å². The Bertz CT molecular complexity index is 643. The number of nitrogens with two attached hydrogens (primary N) is 1. The summed E-state index contributed by atoms with van der Waals surface area (Å²) in [5.74, 6) is 0.481. The van der Waals surface area contributed by atoms with Gasteiger partial charge in [0.05, 0.1) is 24.2 Å². The number of alkyl halides is 1. The van der Waals surface area contributed by atoms with Crippen LogP contribution in [0.15, 0.2) is 12.1 Å². The van der Waals surface area contributed by atoms with Crippen LogP contribution in [0.2, 0.25) is 0 Å². The maximum atomic E-state index is 12.2. The number of hydrogen-bond donors (Lipinski definition) is 1. The van der Waals surface area contributed by atoms with Crippen molar-refractivity contribution < 1.29 is 19.1 Å². The van der Waals surface area contributed by atoms with Crippen LogP contribution in [0, 0.1) is 0 Å². The summed E-state index contributed by atoms with van der Waals surface area (Å²) >= 11 is 3.23. The van der Waals surface area contributed by atoms with Gasteiger partial charge in [-0.1, -0.05) is 64.4 Å². The number of hydrogen-bond acceptors (Lipinski definition) is 6. The summed E-state index contributed by atoms with van der Waals surface area (Å²) in [7, 11) is 1.50. The van der Waals surface area contributed by atoms with Crippen LogP contribution in [0.25, 0.3) is 0 Å². The number of nitrogens with zero attached hydrogens (tertiary/aromatic N) is 1. The first-order valence-corrected chi connectivity index (χ1v) is 11.8. The fourth-order valence-electron chi connectivity index (χ4n) is 2.70. The number of rotatable bonds is 5. The molecule has 0 radical (unpaired) electrons. The van der Waals surface area contributed by atoms with E-state index in [9.17, 15) is 9.59 Å². The number of carbonyl (C=O) groups is 2. The second-order valence-corrected chi connectivity index (χ2v) is 7.31. The van der Waals surface area contributed by atoms with E-state index in [1.165, 1.54) is 7.05 Å². The third-order valence-electron chi connectivity index (χ3n) is 3.89. The number of anilines is 1. The van der Waals surface area contributed by atoms with Gasteiger partial charge in [0.15, 0.2) is 5.78 Å². The molecule has 174 valence electrons. The maximum Gasteiger partial charge on any atom is 0.325 e. The Balaban J connectivity index is 0. The number of halogens is 1. The van der Waals surface area contributed by atoms with Crippen molar-refractivity contribution in [1.29, 1.82) is 0 Å². The third kappa shape index (κ3) is 9.04. The van der Waals surface area contributed by atoms with Gasteiger partial charge in [0, 0.05) is 11.1 Å². The minimum absolute atomic E-state index is 0.00459. The van der Waals surface area contributed by atoms with Crippen LogP contribution in [0.4, 0.5) is 5.69 Å². The first kappa shape index (κ1) is 30.6. The molecule has 0 unspecified atom stereocenters. The van der Waals surface area contributed by atoms with Crippen LogP contribution in [0.1, 0.15) is 71.3 Å². The second-order valence-electron chi connectivity index (χ2n) is 6.75. The summed E-state index contributed by atoms with van der Waals surface area (Å²) in [4.78, 5) is 26.0. The SMILES string of the molecule is CC.CC.CCOC(=O)CN1CCOc2c1cc(C(=O)CBr)cc2C(C)(C)C.CN. The quantitative estimate of drug-likeness (QED) is 0.358. The first-order chi connectivity index (χ1) is 14.3. The molecule has 6 nitrogen and oxygen atoms in total. The number of esters is 1. The Morgan fingerprint density at radius 3 is 2.20 bits per heavy atom. The van der Waals surface area contributed by atoms with E-state index in [-0.39, 0.29) is 29.0 Å². The van der Waals surface area contributed by atoms with Gasteiger partial charge in [-0.05, 0) is 31.5 Å². The van der Waals surface area contributed by atoms with Crippen molar-refractivity contribution in [2.75, 3.05) is 43.6 Å². The Labute approximate surface area is 191 Å². The number of fused-ring (bicyclic) bond motifs is 1. The average Bonchev–Trinajstić information content (AvgIpc) is 2.76. The summed E-state index contributed by atoms with van der Waals surface area (Å²) in [6.07, 6.45) is 0. The monoisotopic (exact) mass is 488 g/mol. The Morgan fingerprint density at radius 2 is 1.73 bits per heavy atom. The molecule has 1 heterocycles. The minimum atomic E-state index is -0.278. The summed E-state index contributed by atoms with van der Waals surface area (Å²) < 4.78 is 11.0. The second kappa shape index (κ2) is 16.1. The largest absolute Gasteiger partial charge is 0.489 e. The van der Waals surface area contributed by atoms with E-state index in [2.05, 4.69) is 42.4 Å². The molecule has 2 N–H and O–H groups in total. The van der Waals surface area contributed by atoms with Gasteiger partial charge in [-0.2, -0.15) is 0 Å². The summed E-state index contributed by atoms with van der Waals surface area (Å²) in [5, 5.41) is 0.258. The highest BCUT2D eigenvalue weighted by Gasteiger charge is 2.29. The Hall–Kier alpha value is -1.60. The molecule has 0 amide bonds. The minimum Gasteiger partial charge on any atom is -0.489 e. The molecule has 0 aliphatic carbocycles. The van der Waals surface area contributed by atoms with E-state index in [1.54, 1.807) is 6.92 Å². The molecule has 0 spiro atoms. The fourth-order valence-corrected chi connectivity index (χ4v) is 3.02. The maximum absolute atomic E-state index is 12.2. The molecule has 0 bridgehead atoms. The van der Waals surface area contributed by atoms with Crippen LogP contribution in [-0.4, -0.2) is 50.4 Å². The predicted octanol–water partition coefficient (Wildman–Crippen LogP) is 4.95. The molecule has 0 saturated heterocycles. The van der Waals surface area contributed by atoms with Gasteiger partial charge in [0.25, 0.3) is 0 Å². The number of carbonyl (C=O) groups excluding carboxylic acids is 2. The summed E-state index contributed by atoms with van der Waals surface area (Å²) in [5.41, 5.74) is 6.69. The highest BCUT2D eigenvalue weighted by molar-refractivity contribution is 9.09. The van der Waals surface area contributed by atoms with Crippen LogP contribution < -0.4 is 15.4 Å². The molecule has 1 aliphatic rings. The smallest absolute Gasteiger partial charge is 0.325 e. The van der Waals surface area contributed by atoms with E-state index >= 15 is 0 Å². The molecule has 0 aromatic heterocycles. The summed E-state index contributed by atoms with van der Waals surface area (Å²) in [6, 6.07) is 3.71. The van der Waals surface area contributed by atoms with Gasteiger partial charge >= 0.3 is 5.97 Å². The van der Waals surface area contributed by atoms with Crippen molar-refractivity contribution in [2.45, 2.75) is 60.8 Å². The molecule has 7 heteroatoms. The van der Waals surface area contributed by atoms with Gasteiger partial charge in [0.1, 0.15) is 18.9 Å². The van der Waals surface area contributed by atoms with Crippen LogP contribution >= 0.6 is 15.9 Å². The molecule has 0 saturated carbocycles. The number of Topliss-reactive ketones (excluding diaryl/α,β-unsaturated/α-hetero) is 1. The fraction of sp³-hybridized carbons (Fsp3) is 0.652. The molecule has 2 rings (SSSR count). The highest BCUT2D eigenvalue weighted by Crippen LogP contribution is 2.42. The van der Waals surface area contributed by atoms with Gasteiger partial charge in [-0.25, -0.2) is 0 Å². The van der Waals surface area contributed by atoms with E-state index in [1.807, 2.05) is 44.7 Å². The van der Waals surface area contributed by atoms with Gasteiger partial charge in [0.2, 0.25) is 0 Å². The summed E-state index contributed by atoms with van der Waals surface area (Å²) in [6.45, 7) is 17.6. The van der Waals surface area contributed by atoms with E-state index in [4.69, 9.17) is 9.47 Å². The van der Waals surface area contributed by atoms with Gasteiger partial charge in [-0.3, -0.25) is 9.59 Å². The molecule has 0 fully saturated rings. The van der Waals surface area contributed by atoms with E-state index in [0.29, 0.717) is 25.3 Å². The molecular formula is C23H41BrN2O4. The van der Waals surface area contributed by atoms with Crippen molar-refractivity contribution in [3.8, 4) is 5.75 Å². The molecule has 30 heavy (non-hydrogen) atoms. The molecule has 0 atom stereocenters. The van der Waals surface area contributed by atoms with Crippen molar-refractivity contribution in [3.63, 3.8) is 0 Å². The van der Waals surface area contributed by atoms with Crippen molar-refractivity contribution in [2.24, 2.45) is 5.73 Å². The molecule has 1 aromatic carbocycles. The van der Waals surface area contributed by atoms with Crippen LogP contribution in [0.5, 0.6) is 5.75 Å². The number of benzene rings is 1. The highest BCUT2D eigenvalue weighted by atomic mass is 79.9. The Morgan fingerprint density at radius 1 is 1.17 bits per heavy atom. The van der Waals surface area contributed by atoms with Crippen LogP contribution in [0.3, 0.4) is 0 Å². The zero-order valence-electron chi connectivity index (χ0n) is 20.2. The Kier molecular flexibility index (Phi) is 16.5. The standard InChI is InChI=1S/C18H24BrNO4.2C2H6.CH5N/c1-5-23-16(22)11-20-6-7-24-17-13(18(2,3)4)8-12(9-14(17)20)15(21)10-19;3*1-2/h8-9H,5-7,10-11H2,1-4H3;2*1-2H3;2H2,1H3. The van der Waals surface area contributed by atoms with Crippen molar-refractivity contribution in [1.82, 2.24) is 0 Å². The topological polar surface area (TPSA) is 81.9 Å². The van der Waals surface area contributed by atoms with Crippen LogP contribution in [-0.2, 0) is 14.9 Å². The molecular weight excluding hydrogens is 448 g/mol. The lowest BCUT2D eigenvalue weighted by Crippen LogP contribution is -2.38.